The van der Waals surface area contributed by atoms with Crippen LogP contribution < -0.4 is 0 Å². The molecule has 0 heterocycles. The van der Waals surface area contributed by atoms with Crippen LogP contribution in [0.15, 0.2) is 18.2 Å². The van der Waals surface area contributed by atoms with Crippen molar-refractivity contribution in [1.82, 2.24) is 0 Å². The van der Waals surface area contributed by atoms with E-state index in [1.165, 1.54) is 101 Å². The molecule has 0 spiro atoms. The summed E-state index contributed by atoms with van der Waals surface area (Å²) in [4.78, 5) is 10.3. The second kappa shape index (κ2) is 15.9. The van der Waals surface area contributed by atoms with Crippen LogP contribution in [0.4, 0.5) is 0 Å². The molecular formula is C34H56O4. The Kier molecular flexibility index (Phi) is 13.0. The normalized spacial score (nSPS) is 27.6. The molecule has 4 nitrogen and oxygen atoms in total. The lowest BCUT2D eigenvalue weighted by Crippen LogP contribution is -2.43. The van der Waals surface area contributed by atoms with Crippen molar-refractivity contribution >= 4 is 5.97 Å². The van der Waals surface area contributed by atoms with E-state index in [9.17, 15) is 15.0 Å². The van der Waals surface area contributed by atoms with Gasteiger partial charge in [-0.05, 0) is 91.4 Å². The van der Waals surface area contributed by atoms with E-state index in [-0.39, 0.29) is 11.5 Å². The number of aryl methyl sites for hydroxylation is 1. The van der Waals surface area contributed by atoms with Crippen LogP contribution in [0.2, 0.25) is 0 Å². The highest BCUT2D eigenvalue weighted by atomic mass is 16.4. The Bertz CT molecular complexity index is 836. The number of unbranched alkanes of at least 4 members (excludes halogenated alkanes) is 12. The van der Waals surface area contributed by atoms with Gasteiger partial charge in [0.05, 0.1) is 6.10 Å². The zero-order valence-electron chi connectivity index (χ0n) is 24.4. The van der Waals surface area contributed by atoms with E-state index in [4.69, 9.17) is 5.11 Å². The van der Waals surface area contributed by atoms with Crippen molar-refractivity contribution in [2.45, 2.75) is 154 Å². The predicted molar refractivity (Wildman–Crippen MR) is 157 cm³/mol. The first-order valence-corrected chi connectivity index (χ1v) is 16.1. The fourth-order valence-corrected chi connectivity index (χ4v) is 7.84. The van der Waals surface area contributed by atoms with Crippen LogP contribution >= 0.6 is 0 Å². The minimum atomic E-state index is -0.655. The second-order valence-corrected chi connectivity index (χ2v) is 12.8. The van der Waals surface area contributed by atoms with Crippen molar-refractivity contribution < 1.29 is 20.1 Å². The molecule has 0 aliphatic heterocycles. The predicted octanol–water partition coefficient (Wildman–Crippen LogP) is 9.16. The Morgan fingerprint density at radius 1 is 0.868 bits per heavy atom. The molecule has 0 aromatic heterocycles. The maximum absolute atomic E-state index is 10.4. The number of carbonyl (C=O) groups is 1. The number of hydrogen-bond acceptors (Lipinski definition) is 3. The Hall–Kier alpha value is -1.55. The van der Waals surface area contributed by atoms with Gasteiger partial charge in [0, 0.05) is 6.42 Å². The average molecular weight is 529 g/mol. The van der Waals surface area contributed by atoms with Gasteiger partial charge in [0.15, 0.2) is 0 Å². The summed E-state index contributed by atoms with van der Waals surface area (Å²) in [6, 6.07) is 5.96. The molecule has 0 radical (unpaired) electrons. The molecule has 38 heavy (non-hydrogen) atoms. The first-order valence-electron chi connectivity index (χ1n) is 16.1. The lowest BCUT2D eigenvalue weighted by molar-refractivity contribution is -0.137. The number of fused-ring (bicyclic) bond motifs is 5. The quantitative estimate of drug-likeness (QED) is 0.210. The molecule has 0 unspecified atom stereocenters. The van der Waals surface area contributed by atoms with Gasteiger partial charge in [0.1, 0.15) is 5.75 Å². The number of rotatable bonds is 14. The number of aromatic hydroxyl groups is 1. The number of aliphatic carboxylic acids is 1. The Balaban J connectivity index is 0.000000213. The first-order chi connectivity index (χ1) is 18.4. The van der Waals surface area contributed by atoms with E-state index >= 15 is 0 Å². The molecule has 4 rings (SSSR count). The van der Waals surface area contributed by atoms with E-state index in [1.807, 2.05) is 12.1 Å². The Morgan fingerprint density at radius 3 is 2.08 bits per heavy atom. The number of phenolic OH excluding ortho intramolecular Hbond substituents is 1. The maximum atomic E-state index is 10.4. The monoisotopic (exact) mass is 528 g/mol. The number of aliphatic hydroxyl groups excluding tert-OH is 1. The van der Waals surface area contributed by atoms with Crippen molar-refractivity contribution in [3.63, 3.8) is 0 Å². The zero-order chi connectivity index (χ0) is 27.4. The summed E-state index contributed by atoms with van der Waals surface area (Å²) in [6.07, 6.45) is 24.0. The molecule has 1 aromatic carbocycles. The smallest absolute Gasteiger partial charge is 0.303 e. The molecule has 0 saturated heterocycles. The van der Waals surface area contributed by atoms with Crippen molar-refractivity contribution in [3.8, 4) is 5.75 Å². The molecule has 2 fully saturated rings. The number of benzene rings is 1. The lowest BCUT2D eigenvalue weighted by Gasteiger charge is -2.50. The SMILES string of the molecule is CCCCCCCCCCCCCCCC(=O)O.C[C@]12CC[C@@H]3c4ccc(O)cc4CC[C@H]3[C@@H]1CC[C@@H]2O. The number of aliphatic hydroxyl groups is 1. The van der Waals surface area contributed by atoms with Crippen LogP contribution in [0, 0.1) is 17.3 Å². The highest BCUT2D eigenvalue weighted by Crippen LogP contribution is 2.60. The minimum absolute atomic E-state index is 0.0883. The lowest BCUT2D eigenvalue weighted by atomic mass is 9.55. The van der Waals surface area contributed by atoms with Gasteiger partial charge in [-0.15, -0.1) is 0 Å². The third kappa shape index (κ3) is 8.73. The molecular weight excluding hydrogens is 472 g/mol. The van der Waals surface area contributed by atoms with Crippen LogP contribution in [0.3, 0.4) is 0 Å². The fourth-order valence-electron chi connectivity index (χ4n) is 7.84. The number of carboxylic acid groups (broad SMARTS) is 1. The summed E-state index contributed by atoms with van der Waals surface area (Å²) in [5.74, 6) is 1.83. The Morgan fingerprint density at radius 2 is 1.47 bits per heavy atom. The molecule has 1 aromatic rings. The van der Waals surface area contributed by atoms with Crippen molar-refractivity contribution in [2.75, 3.05) is 0 Å². The van der Waals surface area contributed by atoms with Crippen molar-refractivity contribution in [3.05, 3.63) is 29.3 Å². The van der Waals surface area contributed by atoms with Crippen LogP contribution in [0.25, 0.3) is 0 Å². The van der Waals surface area contributed by atoms with Crippen molar-refractivity contribution in [1.29, 1.82) is 0 Å². The van der Waals surface area contributed by atoms with Crippen LogP contribution in [-0.2, 0) is 11.2 Å². The summed E-state index contributed by atoms with van der Waals surface area (Å²) in [5, 5.41) is 28.5. The summed E-state index contributed by atoms with van der Waals surface area (Å²) < 4.78 is 0. The first kappa shape index (κ1) is 31.0. The van der Waals surface area contributed by atoms with E-state index < -0.39 is 5.97 Å². The zero-order valence-corrected chi connectivity index (χ0v) is 24.4. The van der Waals surface area contributed by atoms with E-state index in [0.29, 0.717) is 24.0 Å². The maximum Gasteiger partial charge on any atom is 0.303 e. The third-order valence-corrected chi connectivity index (χ3v) is 10.2. The largest absolute Gasteiger partial charge is 0.508 e. The Labute approximate surface area is 232 Å². The molecule has 216 valence electrons. The van der Waals surface area contributed by atoms with Crippen LogP contribution in [0.5, 0.6) is 5.75 Å². The van der Waals surface area contributed by atoms with Gasteiger partial charge in [-0.2, -0.15) is 0 Å². The molecule has 4 heteroatoms. The molecule has 3 aliphatic rings. The highest BCUT2D eigenvalue weighted by Gasteiger charge is 2.54. The van der Waals surface area contributed by atoms with Gasteiger partial charge in [-0.3, -0.25) is 4.79 Å². The summed E-state index contributed by atoms with van der Waals surface area (Å²) in [6.45, 7) is 4.58. The fraction of sp³-hybridized carbons (Fsp3) is 0.794. The van der Waals surface area contributed by atoms with E-state index in [1.54, 1.807) is 0 Å². The second-order valence-electron chi connectivity index (χ2n) is 12.8. The molecule has 2 saturated carbocycles. The van der Waals surface area contributed by atoms with Crippen LogP contribution in [0.1, 0.15) is 153 Å². The van der Waals surface area contributed by atoms with Gasteiger partial charge in [-0.1, -0.05) is 97.0 Å². The molecule has 3 aliphatic carbocycles. The van der Waals surface area contributed by atoms with Crippen LogP contribution in [-0.4, -0.2) is 27.4 Å². The van der Waals surface area contributed by atoms with Gasteiger partial charge in [0.25, 0.3) is 0 Å². The minimum Gasteiger partial charge on any atom is -0.508 e. The van der Waals surface area contributed by atoms with Crippen molar-refractivity contribution in [2.24, 2.45) is 17.3 Å². The topological polar surface area (TPSA) is 77.8 Å². The molecule has 5 atom stereocenters. The molecule has 3 N–H and O–H groups in total. The standard InChI is InChI=1S/C18H24O2.C16H32O2/c1-18-9-8-14-13-5-3-12(19)10-11(13)2-4-15(14)16(18)6-7-17(18)20;1-2-3-4-5-6-7-8-9-10-11-12-13-14-15-16(17)18/h3,5,10,14-17,19-20H,2,4,6-9H2,1H3;2-15H2,1H3,(H,17,18)/t14-,15-,16+,17+,18+;/m1./s1. The molecule has 0 amide bonds. The average Bonchev–Trinajstić information content (AvgIpc) is 3.21. The summed E-state index contributed by atoms with van der Waals surface area (Å²) in [7, 11) is 0. The highest BCUT2D eigenvalue weighted by molar-refractivity contribution is 5.66. The number of carboxylic acids is 1. The number of hydrogen-bond donors (Lipinski definition) is 3. The van der Waals surface area contributed by atoms with E-state index in [0.717, 1.165) is 38.0 Å². The third-order valence-electron chi connectivity index (χ3n) is 10.2. The van der Waals surface area contributed by atoms with Gasteiger partial charge in [-0.25, -0.2) is 0 Å². The summed E-state index contributed by atoms with van der Waals surface area (Å²) in [5.41, 5.74) is 2.99. The summed E-state index contributed by atoms with van der Waals surface area (Å²) >= 11 is 0. The van der Waals surface area contributed by atoms with Gasteiger partial charge < -0.3 is 15.3 Å². The van der Waals surface area contributed by atoms with Gasteiger partial charge >= 0.3 is 5.97 Å². The number of phenols is 1. The molecule has 0 bridgehead atoms. The van der Waals surface area contributed by atoms with Gasteiger partial charge in [0.2, 0.25) is 0 Å². The van der Waals surface area contributed by atoms with E-state index in [2.05, 4.69) is 19.9 Å².